The Morgan fingerprint density at radius 2 is 1.89 bits per heavy atom. The molecule has 0 spiro atoms. The highest BCUT2D eigenvalue weighted by Gasteiger charge is 2.27. The van der Waals surface area contributed by atoms with Gasteiger partial charge >= 0.3 is 12.0 Å². The molecule has 1 saturated carbocycles. The van der Waals surface area contributed by atoms with Gasteiger partial charge in [0.15, 0.2) is 0 Å². The number of rotatable bonds is 5. The van der Waals surface area contributed by atoms with Gasteiger partial charge in [0.05, 0.1) is 0 Å². The molecule has 1 aliphatic rings. The summed E-state index contributed by atoms with van der Waals surface area (Å²) in [5.74, 6) is -0.222. The standard InChI is InChI=1S/C14H26N2O3/c1-4-5-12(13(17)18)15-14(19)16(3)11-8-6-10(2)7-9-11/h10-12H,4-9H2,1-3H3,(H,15,19)(H,17,18)/t10?,11?,12-/m1/s1. The topological polar surface area (TPSA) is 69.6 Å². The van der Waals surface area contributed by atoms with E-state index in [2.05, 4.69) is 12.2 Å². The largest absolute Gasteiger partial charge is 0.480 e. The maximum Gasteiger partial charge on any atom is 0.326 e. The van der Waals surface area contributed by atoms with Crippen molar-refractivity contribution in [3.8, 4) is 0 Å². The SMILES string of the molecule is CCC[C@@H](NC(=O)N(C)C1CCC(C)CC1)C(=O)O. The fraction of sp³-hybridized carbons (Fsp3) is 0.857. The minimum Gasteiger partial charge on any atom is -0.480 e. The minimum absolute atomic E-state index is 0.243. The zero-order valence-corrected chi connectivity index (χ0v) is 12.2. The van der Waals surface area contributed by atoms with Crippen LogP contribution in [0, 0.1) is 5.92 Å². The van der Waals surface area contributed by atoms with E-state index in [4.69, 9.17) is 5.11 Å². The number of aliphatic carboxylic acids is 1. The maximum atomic E-state index is 12.1. The number of carbonyl (C=O) groups is 2. The summed E-state index contributed by atoms with van der Waals surface area (Å²) in [7, 11) is 1.76. The van der Waals surface area contributed by atoms with Gasteiger partial charge < -0.3 is 15.3 Å². The van der Waals surface area contributed by atoms with Gasteiger partial charge in [-0.05, 0) is 38.0 Å². The van der Waals surface area contributed by atoms with Gasteiger partial charge in [0.1, 0.15) is 6.04 Å². The second-order valence-corrected chi connectivity index (χ2v) is 5.65. The van der Waals surface area contributed by atoms with Crippen molar-refractivity contribution in [2.75, 3.05) is 7.05 Å². The predicted octanol–water partition coefficient (Wildman–Crippen LogP) is 2.46. The summed E-state index contributed by atoms with van der Waals surface area (Å²) in [5, 5.41) is 11.7. The second kappa shape index (κ2) is 7.36. The maximum absolute atomic E-state index is 12.1. The summed E-state index contributed by atoms with van der Waals surface area (Å²) >= 11 is 0. The fourth-order valence-corrected chi connectivity index (χ4v) is 2.59. The molecule has 5 nitrogen and oxygen atoms in total. The lowest BCUT2D eigenvalue weighted by Gasteiger charge is -2.34. The van der Waals surface area contributed by atoms with Gasteiger partial charge in [-0.3, -0.25) is 0 Å². The molecule has 5 heteroatoms. The highest BCUT2D eigenvalue weighted by atomic mass is 16.4. The van der Waals surface area contributed by atoms with Gasteiger partial charge in [0.2, 0.25) is 0 Å². The first-order valence-corrected chi connectivity index (χ1v) is 7.21. The van der Waals surface area contributed by atoms with E-state index in [9.17, 15) is 9.59 Å². The summed E-state index contributed by atoms with van der Waals surface area (Å²) in [5.41, 5.74) is 0. The fourth-order valence-electron chi connectivity index (χ4n) is 2.59. The van der Waals surface area contributed by atoms with Crippen molar-refractivity contribution in [1.29, 1.82) is 0 Å². The molecule has 0 heterocycles. The first-order valence-electron chi connectivity index (χ1n) is 7.21. The first kappa shape index (κ1) is 15.8. The van der Waals surface area contributed by atoms with E-state index < -0.39 is 12.0 Å². The monoisotopic (exact) mass is 270 g/mol. The molecule has 0 aromatic heterocycles. The molecule has 0 radical (unpaired) electrons. The summed E-state index contributed by atoms with van der Waals surface area (Å²) in [4.78, 5) is 24.8. The number of carboxylic acids is 1. The molecule has 0 unspecified atom stereocenters. The molecule has 1 rings (SSSR count). The number of urea groups is 1. The molecular formula is C14H26N2O3. The van der Waals surface area contributed by atoms with E-state index in [1.54, 1.807) is 11.9 Å². The number of hydrogen-bond donors (Lipinski definition) is 2. The number of carbonyl (C=O) groups excluding carboxylic acids is 1. The summed E-state index contributed by atoms with van der Waals surface area (Å²) in [6.45, 7) is 4.15. The summed E-state index contributed by atoms with van der Waals surface area (Å²) in [6, 6.07) is -0.796. The lowest BCUT2D eigenvalue weighted by atomic mass is 9.87. The summed E-state index contributed by atoms with van der Waals surface area (Å²) < 4.78 is 0. The van der Waals surface area contributed by atoms with E-state index in [0.29, 0.717) is 6.42 Å². The Hall–Kier alpha value is -1.26. The molecule has 0 aromatic rings. The Labute approximate surface area is 115 Å². The molecule has 2 N–H and O–H groups in total. The van der Waals surface area contributed by atoms with Crippen LogP contribution in [0.15, 0.2) is 0 Å². The number of amides is 2. The van der Waals surface area contributed by atoms with E-state index >= 15 is 0 Å². The normalized spacial score (nSPS) is 24.6. The van der Waals surface area contributed by atoms with Crippen LogP contribution in [0.3, 0.4) is 0 Å². The van der Waals surface area contributed by atoms with Gasteiger partial charge in [-0.2, -0.15) is 0 Å². The van der Waals surface area contributed by atoms with Gasteiger partial charge in [0.25, 0.3) is 0 Å². The molecule has 0 bridgehead atoms. The van der Waals surface area contributed by atoms with Crippen molar-refractivity contribution in [2.45, 2.75) is 64.5 Å². The lowest BCUT2D eigenvalue weighted by molar-refractivity contribution is -0.139. The van der Waals surface area contributed by atoms with Gasteiger partial charge in [-0.15, -0.1) is 0 Å². The Kier molecular flexibility index (Phi) is 6.12. The second-order valence-electron chi connectivity index (χ2n) is 5.65. The number of nitrogens with zero attached hydrogens (tertiary/aromatic N) is 1. The van der Waals surface area contributed by atoms with Crippen molar-refractivity contribution >= 4 is 12.0 Å². The van der Waals surface area contributed by atoms with Crippen molar-refractivity contribution < 1.29 is 14.7 Å². The zero-order valence-electron chi connectivity index (χ0n) is 12.2. The third-order valence-electron chi connectivity index (χ3n) is 4.03. The Bertz CT molecular complexity index is 312. The Morgan fingerprint density at radius 3 is 2.37 bits per heavy atom. The van der Waals surface area contributed by atoms with Crippen LogP contribution in [0.5, 0.6) is 0 Å². The summed E-state index contributed by atoms with van der Waals surface area (Å²) in [6.07, 6.45) is 5.50. The highest BCUT2D eigenvalue weighted by molar-refractivity contribution is 5.82. The number of hydrogen-bond acceptors (Lipinski definition) is 2. The number of carboxylic acid groups (broad SMARTS) is 1. The van der Waals surface area contributed by atoms with Crippen molar-refractivity contribution in [3.05, 3.63) is 0 Å². The third kappa shape index (κ3) is 4.73. The molecule has 1 atom stereocenters. The minimum atomic E-state index is -0.958. The van der Waals surface area contributed by atoms with E-state index in [1.807, 2.05) is 6.92 Å². The molecule has 0 saturated heterocycles. The van der Waals surface area contributed by atoms with Crippen LogP contribution < -0.4 is 5.32 Å². The molecule has 1 fully saturated rings. The number of nitrogens with one attached hydrogen (secondary N) is 1. The molecule has 1 aliphatic carbocycles. The van der Waals surface area contributed by atoms with Gasteiger partial charge in [0, 0.05) is 13.1 Å². The lowest BCUT2D eigenvalue weighted by Crippen LogP contribution is -2.50. The average molecular weight is 270 g/mol. The Morgan fingerprint density at radius 1 is 1.32 bits per heavy atom. The van der Waals surface area contributed by atoms with Crippen LogP contribution in [0.4, 0.5) is 4.79 Å². The van der Waals surface area contributed by atoms with Gasteiger partial charge in [-0.25, -0.2) is 9.59 Å². The van der Waals surface area contributed by atoms with Crippen LogP contribution in [0.25, 0.3) is 0 Å². The van der Waals surface area contributed by atoms with E-state index in [1.165, 1.54) is 0 Å². The molecule has 0 aromatic carbocycles. The third-order valence-corrected chi connectivity index (χ3v) is 4.03. The van der Waals surface area contributed by atoms with E-state index in [0.717, 1.165) is 38.0 Å². The van der Waals surface area contributed by atoms with E-state index in [-0.39, 0.29) is 12.1 Å². The zero-order chi connectivity index (χ0) is 14.4. The highest BCUT2D eigenvalue weighted by Crippen LogP contribution is 2.26. The average Bonchev–Trinajstić information content (AvgIpc) is 2.38. The van der Waals surface area contributed by atoms with Crippen molar-refractivity contribution in [3.63, 3.8) is 0 Å². The molecule has 0 aliphatic heterocycles. The van der Waals surface area contributed by atoms with Crippen LogP contribution in [-0.2, 0) is 4.79 Å². The predicted molar refractivity (Wildman–Crippen MR) is 74.0 cm³/mol. The van der Waals surface area contributed by atoms with Crippen molar-refractivity contribution in [2.24, 2.45) is 5.92 Å². The first-order chi connectivity index (χ1) is 8.95. The van der Waals surface area contributed by atoms with Crippen LogP contribution >= 0.6 is 0 Å². The smallest absolute Gasteiger partial charge is 0.326 e. The molecular weight excluding hydrogens is 244 g/mol. The van der Waals surface area contributed by atoms with Crippen LogP contribution in [0.2, 0.25) is 0 Å². The van der Waals surface area contributed by atoms with Crippen LogP contribution in [-0.4, -0.2) is 41.1 Å². The molecule has 110 valence electrons. The molecule has 19 heavy (non-hydrogen) atoms. The van der Waals surface area contributed by atoms with Gasteiger partial charge in [-0.1, -0.05) is 20.3 Å². The molecule has 2 amide bonds. The quantitative estimate of drug-likeness (QED) is 0.806. The van der Waals surface area contributed by atoms with Crippen LogP contribution in [0.1, 0.15) is 52.4 Å². The van der Waals surface area contributed by atoms with Crippen molar-refractivity contribution in [1.82, 2.24) is 10.2 Å². The Balaban J connectivity index is 2.49.